The van der Waals surface area contributed by atoms with Gasteiger partial charge in [-0.1, -0.05) is 24.3 Å². The zero-order valence-corrected chi connectivity index (χ0v) is 21.5. The molecule has 0 aromatic heterocycles. The first kappa shape index (κ1) is 25.4. The van der Waals surface area contributed by atoms with Gasteiger partial charge in [0.1, 0.15) is 5.75 Å². The van der Waals surface area contributed by atoms with Gasteiger partial charge in [-0.25, -0.2) is 4.79 Å². The summed E-state index contributed by atoms with van der Waals surface area (Å²) < 4.78 is 22.2. The lowest BCUT2D eigenvalue weighted by Crippen LogP contribution is -2.36. The lowest BCUT2D eigenvalue weighted by Gasteiger charge is -2.37. The highest BCUT2D eigenvalue weighted by molar-refractivity contribution is 6.04. The van der Waals surface area contributed by atoms with Crippen LogP contribution in [0.15, 0.2) is 65.0 Å². The average molecular weight is 492 g/mol. The predicted molar refractivity (Wildman–Crippen MR) is 136 cm³/mol. The van der Waals surface area contributed by atoms with Crippen LogP contribution in [-0.2, 0) is 14.3 Å². The van der Waals surface area contributed by atoms with Crippen LogP contribution in [0.2, 0.25) is 0 Å². The number of carbonyl (C=O) groups is 2. The summed E-state index contributed by atoms with van der Waals surface area (Å²) >= 11 is 0. The highest BCUT2D eigenvalue weighted by Crippen LogP contribution is 2.48. The average Bonchev–Trinajstić information content (AvgIpc) is 2.88. The van der Waals surface area contributed by atoms with Crippen LogP contribution in [0.1, 0.15) is 56.6 Å². The molecule has 190 valence electrons. The fraction of sp³-hybridized carbons (Fsp3) is 0.379. The van der Waals surface area contributed by atoms with Crippen LogP contribution in [0.3, 0.4) is 0 Å². The highest BCUT2D eigenvalue weighted by Gasteiger charge is 2.42. The molecule has 0 saturated carbocycles. The summed E-state index contributed by atoms with van der Waals surface area (Å²) in [5.74, 6) is 0.884. The van der Waals surface area contributed by atoms with Gasteiger partial charge >= 0.3 is 5.97 Å². The number of esters is 1. The minimum Gasteiger partial charge on any atom is -0.494 e. The van der Waals surface area contributed by atoms with Crippen molar-refractivity contribution in [3.05, 3.63) is 76.1 Å². The molecule has 36 heavy (non-hydrogen) atoms. The number of ketones is 1. The quantitative estimate of drug-likeness (QED) is 0.519. The van der Waals surface area contributed by atoms with E-state index >= 15 is 0 Å². The van der Waals surface area contributed by atoms with Crippen LogP contribution in [0, 0.1) is 0 Å². The number of nitrogens with one attached hydrogen (secondary N) is 1. The molecule has 2 atom stereocenters. The number of Topliss-reactive ketones (excluding diaryl/α,β-unsaturated/α-hetero) is 1. The van der Waals surface area contributed by atoms with Crippen molar-refractivity contribution in [2.24, 2.45) is 0 Å². The standard InChI is InChI=1S/C29H33NO6/c1-6-35-23-11-9-8-10-20(23)27-26(29(32)36-7-2)17(3)30-21-14-19(15-22(31)28(21)27)18-12-13-24(33-4)25(16-18)34-5/h8-13,16,19,27,30H,6-7,14-15H2,1-5H3/t19-,27+/m1/s1. The van der Waals surface area contributed by atoms with Crippen LogP contribution in [0.5, 0.6) is 17.2 Å². The Morgan fingerprint density at radius 2 is 1.72 bits per heavy atom. The summed E-state index contributed by atoms with van der Waals surface area (Å²) in [7, 11) is 3.20. The number of methoxy groups -OCH3 is 2. The second kappa shape index (κ2) is 10.9. The first-order chi connectivity index (χ1) is 17.4. The van der Waals surface area contributed by atoms with Gasteiger partial charge in [0.05, 0.1) is 38.9 Å². The van der Waals surface area contributed by atoms with Gasteiger partial charge in [-0.15, -0.1) is 0 Å². The van der Waals surface area contributed by atoms with E-state index in [0.29, 0.717) is 53.5 Å². The predicted octanol–water partition coefficient (Wildman–Crippen LogP) is 5.03. The van der Waals surface area contributed by atoms with E-state index in [1.165, 1.54) is 0 Å². The second-order valence-electron chi connectivity index (χ2n) is 8.82. The van der Waals surface area contributed by atoms with E-state index in [0.717, 1.165) is 16.8 Å². The van der Waals surface area contributed by atoms with Crippen molar-refractivity contribution < 1.29 is 28.5 Å². The maximum atomic E-state index is 13.8. The van der Waals surface area contributed by atoms with Crippen LogP contribution < -0.4 is 19.5 Å². The Morgan fingerprint density at radius 1 is 0.972 bits per heavy atom. The Kier molecular flexibility index (Phi) is 7.67. The molecular weight excluding hydrogens is 458 g/mol. The van der Waals surface area contributed by atoms with Crippen molar-refractivity contribution in [1.29, 1.82) is 0 Å². The van der Waals surface area contributed by atoms with Gasteiger partial charge in [0.25, 0.3) is 0 Å². The van der Waals surface area contributed by atoms with Crippen molar-refractivity contribution in [3.63, 3.8) is 0 Å². The lowest BCUT2D eigenvalue weighted by molar-refractivity contribution is -0.138. The third kappa shape index (κ3) is 4.70. The third-order valence-corrected chi connectivity index (χ3v) is 6.73. The van der Waals surface area contributed by atoms with E-state index in [-0.39, 0.29) is 18.3 Å². The van der Waals surface area contributed by atoms with Crippen LogP contribution in [0.25, 0.3) is 0 Å². The largest absolute Gasteiger partial charge is 0.494 e. The third-order valence-electron chi connectivity index (χ3n) is 6.73. The van der Waals surface area contributed by atoms with Gasteiger partial charge in [0.15, 0.2) is 17.3 Å². The molecule has 0 saturated heterocycles. The molecular formula is C29H33NO6. The lowest BCUT2D eigenvalue weighted by atomic mass is 9.71. The summed E-state index contributed by atoms with van der Waals surface area (Å²) in [5.41, 5.74) is 4.34. The van der Waals surface area contributed by atoms with Gasteiger partial charge in [-0.2, -0.15) is 0 Å². The summed E-state index contributed by atoms with van der Waals surface area (Å²) in [5, 5.41) is 3.38. The van der Waals surface area contributed by atoms with Crippen LogP contribution >= 0.6 is 0 Å². The van der Waals surface area contributed by atoms with Gasteiger partial charge in [-0.3, -0.25) is 4.79 Å². The molecule has 2 aromatic rings. The Hall–Kier alpha value is -3.74. The SMILES string of the molecule is CCOC(=O)C1=C(C)NC2=C(C(=O)C[C@H](c3ccc(OC)c(OC)c3)C2)[C@H]1c1ccccc1OCC. The molecule has 1 aliphatic carbocycles. The van der Waals surface area contributed by atoms with Crippen molar-refractivity contribution in [1.82, 2.24) is 5.32 Å². The maximum Gasteiger partial charge on any atom is 0.336 e. The topological polar surface area (TPSA) is 83.1 Å². The van der Waals surface area contributed by atoms with Crippen LogP contribution in [0.4, 0.5) is 0 Å². The first-order valence-corrected chi connectivity index (χ1v) is 12.3. The molecule has 1 heterocycles. The molecule has 7 nitrogen and oxygen atoms in total. The number of benzene rings is 2. The maximum absolute atomic E-state index is 13.8. The van der Waals surface area contributed by atoms with Crippen molar-refractivity contribution in [2.45, 2.75) is 45.4 Å². The second-order valence-corrected chi connectivity index (χ2v) is 8.82. The molecule has 0 bridgehead atoms. The fourth-order valence-corrected chi connectivity index (χ4v) is 5.18. The number of para-hydroxylation sites is 1. The molecule has 0 unspecified atom stereocenters. The van der Waals surface area contributed by atoms with E-state index in [2.05, 4.69) is 5.32 Å². The molecule has 7 heteroatoms. The fourth-order valence-electron chi connectivity index (χ4n) is 5.18. The summed E-state index contributed by atoms with van der Waals surface area (Å²) in [4.78, 5) is 26.9. The Labute approximate surface area is 212 Å². The van der Waals surface area contributed by atoms with Gasteiger partial charge < -0.3 is 24.3 Å². The van der Waals surface area contributed by atoms with E-state index in [1.54, 1.807) is 21.1 Å². The Bertz CT molecular complexity index is 1230. The summed E-state index contributed by atoms with van der Waals surface area (Å²) in [6.07, 6.45) is 0.940. The number of carbonyl (C=O) groups excluding carboxylic acids is 2. The molecule has 0 radical (unpaired) electrons. The molecule has 0 spiro atoms. The van der Waals surface area contributed by atoms with E-state index < -0.39 is 11.9 Å². The van der Waals surface area contributed by atoms with Gasteiger partial charge in [0, 0.05) is 29.0 Å². The number of rotatable bonds is 8. The molecule has 2 aliphatic rings. The molecule has 4 rings (SSSR count). The number of hydrogen-bond acceptors (Lipinski definition) is 7. The number of allylic oxidation sites excluding steroid dienone is 3. The normalized spacial score (nSPS) is 19.4. The molecule has 2 aromatic carbocycles. The van der Waals surface area contributed by atoms with E-state index in [9.17, 15) is 9.59 Å². The minimum atomic E-state index is -0.568. The number of hydrogen-bond donors (Lipinski definition) is 1. The Balaban J connectivity index is 1.81. The monoisotopic (exact) mass is 491 g/mol. The zero-order valence-electron chi connectivity index (χ0n) is 21.5. The first-order valence-electron chi connectivity index (χ1n) is 12.3. The summed E-state index contributed by atoms with van der Waals surface area (Å²) in [6.45, 7) is 6.27. The molecule has 0 amide bonds. The number of dihydropyridines is 1. The molecule has 1 N–H and O–H groups in total. The van der Waals surface area contributed by atoms with Gasteiger partial charge in [0.2, 0.25) is 0 Å². The molecule has 0 fully saturated rings. The van der Waals surface area contributed by atoms with Gasteiger partial charge in [-0.05, 0) is 56.9 Å². The van der Waals surface area contributed by atoms with Crippen molar-refractivity contribution in [3.8, 4) is 17.2 Å². The highest BCUT2D eigenvalue weighted by atomic mass is 16.5. The summed E-state index contributed by atoms with van der Waals surface area (Å²) in [6, 6.07) is 13.4. The Morgan fingerprint density at radius 3 is 2.42 bits per heavy atom. The zero-order chi connectivity index (χ0) is 25.8. The smallest absolute Gasteiger partial charge is 0.336 e. The van der Waals surface area contributed by atoms with Crippen LogP contribution in [-0.4, -0.2) is 39.2 Å². The van der Waals surface area contributed by atoms with Crippen molar-refractivity contribution in [2.75, 3.05) is 27.4 Å². The minimum absolute atomic E-state index is 0.00543. The molecule has 1 aliphatic heterocycles. The van der Waals surface area contributed by atoms with Crippen molar-refractivity contribution >= 4 is 11.8 Å². The van der Waals surface area contributed by atoms with E-state index in [1.807, 2.05) is 56.3 Å². The number of ether oxygens (including phenoxy) is 4. The van der Waals surface area contributed by atoms with E-state index in [4.69, 9.17) is 18.9 Å².